The summed E-state index contributed by atoms with van der Waals surface area (Å²) in [4.78, 5) is 49.8. The van der Waals surface area contributed by atoms with Crippen molar-refractivity contribution in [2.75, 3.05) is 23.9 Å². The number of carbonyl (C=O) groups excluding carboxylic acids is 4. The molecule has 1 unspecified atom stereocenters. The summed E-state index contributed by atoms with van der Waals surface area (Å²) in [7, 11) is 0. The monoisotopic (exact) mass is 437 g/mol. The summed E-state index contributed by atoms with van der Waals surface area (Å²) in [6, 6.07) is 4.43. The van der Waals surface area contributed by atoms with Crippen molar-refractivity contribution < 1.29 is 23.9 Å². The Labute approximate surface area is 164 Å². The Hall–Kier alpha value is -2.26. The second kappa shape index (κ2) is 8.62. The van der Waals surface area contributed by atoms with Gasteiger partial charge < -0.3 is 15.0 Å². The van der Waals surface area contributed by atoms with Gasteiger partial charge in [0.05, 0.1) is 19.6 Å². The summed E-state index contributed by atoms with van der Waals surface area (Å²) in [6.45, 7) is 1.06. The lowest BCUT2D eigenvalue weighted by molar-refractivity contribution is -0.137. The number of nitrogens with one attached hydrogen (secondary N) is 2. The van der Waals surface area contributed by atoms with Gasteiger partial charge in [-0.15, -0.1) is 0 Å². The van der Waals surface area contributed by atoms with Gasteiger partial charge in [0.15, 0.2) is 0 Å². The van der Waals surface area contributed by atoms with Gasteiger partial charge in [-0.3, -0.25) is 24.5 Å². The third kappa shape index (κ3) is 4.36. The third-order valence-corrected chi connectivity index (χ3v) is 4.87. The van der Waals surface area contributed by atoms with Gasteiger partial charge in [0.1, 0.15) is 6.04 Å². The van der Waals surface area contributed by atoms with Crippen molar-refractivity contribution in [3.05, 3.63) is 29.3 Å². The van der Waals surface area contributed by atoms with Crippen LogP contribution in [-0.4, -0.2) is 53.1 Å². The van der Waals surface area contributed by atoms with E-state index in [9.17, 15) is 19.2 Å². The fraction of sp³-hybridized carbons (Fsp3) is 0.444. The normalized spacial score (nSPS) is 19.1. The highest BCUT2D eigenvalue weighted by Crippen LogP contribution is 2.32. The van der Waals surface area contributed by atoms with E-state index in [0.717, 1.165) is 0 Å². The summed E-state index contributed by atoms with van der Waals surface area (Å²) in [5, 5.41) is 5.80. The first kappa shape index (κ1) is 19.5. The molecule has 4 amide bonds. The lowest BCUT2D eigenvalue weighted by Gasteiger charge is -2.29. The average Bonchev–Trinajstić information content (AvgIpc) is 2.97. The number of nitrogens with zero attached hydrogens (tertiary/aromatic N) is 1. The number of ether oxygens (including phenoxy) is 1. The number of hydrogen-bond acceptors (Lipinski definition) is 5. The minimum atomic E-state index is -0.677. The van der Waals surface area contributed by atoms with E-state index >= 15 is 0 Å². The first-order valence-corrected chi connectivity index (χ1v) is 9.83. The molecule has 0 saturated carbocycles. The van der Waals surface area contributed by atoms with Crippen molar-refractivity contribution in [2.45, 2.75) is 31.8 Å². The van der Waals surface area contributed by atoms with Crippen molar-refractivity contribution in [1.82, 2.24) is 10.2 Å². The predicted molar refractivity (Wildman–Crippen MR) is 100 cm³/mol. The van der Waals surface area contributed by atoms with Crippen molar-refractivity contribution in [3.8, 4) is 0 Å². The molecule has 0 spiro atoms. The van der Waals surface area contributed by atoms with Crippen molar-refractivity contribution >= 4 is 45.2 Å². The molecule has 0 radical (unpaired) electrons. The second-order valence-electron chi connectivity index (χ2n) is 6.33. The Balaban J connectivity index is 1.69. The van der Waals surface area contributed by atoms with Crippen LogP contribution in [0.15, 0.2) is 18.2 Å². The van der Waals surface area contributed by atoms with Crippen LogP contribution in [0.4, 0.5) is 5.69 Å². The Bertz CT molecular complexity index is 782. The average molecular weight is 438 g/mol. The van der Waals surface area contributed by atoms with Gasteiger partial charge in [-0.2, -0.15) is 0 Å². The van der Waals surface area contributed by atoms with Crippen LogP contribution in [0.25, 0.3) is 0 Å². The topological polar surface area (TPSA) is 105 Å². The molecule has 9 heteroatoms. The zero-order valence-corrected chi connectivity index (χ0v) is 16.2. The first-order valence-electron chi connectivity index (χ1n) is 8.71. The Morgan fingerprint density at radius 1 is 1.30 bits per heavy atom. The van der Waals surface area contributed by atoms with E-state index in [1.54, 1.807) is 18.2 Å². The molecule has 8 nitrogen and oxygen atoms in total. The lowest BCUT2D eigenvalue weighted by Crippen LogP contribution is -2.52. The van der Waals surface area contributed by atoms with Crippen molar-refractivity contribution in [3.63, 3.8) is 0 Å². The summed E-state index contributed by atoms with van der Waals surface area (Å²) < 4.78 is 5.28. The first-order chi connectivity index (χ1) is 13.0. The van der Waals surface area contributed by atoms with Crippen molar-refractivity contribution in [2.24, 2.45) is 0 Å². The van der Waals surface area contributed by atoms with E-state index in [-0.39, 0.29) is 37.1 Å². The zero-order valence-electron chi connectivity index (χ0n) is 14.6. The van der Waals surface area contributed by atoms with Gasteiger partial charge in [0.25, 0.3) is 5.91 Å². The fourth-order valence-corrected chi connectivity index (χ4v) is 3.47. The molecule has 1 fully saturated rings. The van der Waals surface area contributed by atoms with E-state index in [0.29, 0.717) is 41.8 Å². The number of fused-ring (bicyclic) bond motifs is 1. The molecule has 2 heterocycles. The summed E-state index contributed by atoms with van der Waals surface area (Å²) >= 11 is 3.25. The van der Waals surface area contributed by atoms with Crippen LogP contribution < -0.4 is 10.6 Å². The van der Waals surface area contributed by atoms with Crippen LogP contribution in [0.2, 0.25) is 0 Å². The molecule has 2 N–H and O–H groups in total. The van der Waals surface area contributed by atoms with Crippen LogP contribution in [0, 0.1) is 0 Å². The summed E-state index contributed by atoms with van der Waals surface area (Å²) in [5.41, 5.74) is 1.70. The smallest absolute Gasteiger partial charge is 0.255 e. The highest BCUT2D eigenvalue weighted by Gasteiger charge is 2.39. The maximum atomic E-state index is 12.7. The molecule has 0 aromatic heterocycles. The minimum absolute atomic E-state index is 0.203. The molecular weight excluding hydrogens is 418 g/mol. The fourth-order valence-electron chi connectivity index (χ4n) is 3.24. The van der Waals surface area contributed by atoms with Crippen LogP contribution in [-0.2, 0) is 25.7 Å². The lowest BCUT2D eigenvalue weighted by atomic mass is 10.0. The third-order valence-electron chi connectivity index (χ3n) is 4.55. The van der Waals surface area contributed by atoms with Crippen LogP contribution in [0.5, 0.6) is 0 Å². The molecule has 27 heavy (non-hydrogen) atoms. The largest absolute Gasteiger partial charge is 0.380 e. The predicted octanol–water partition coefficient (Wildman–Crippen LogP) is 1.19. The molecule has 144 valence electrons. The van der Waals surface area contributed by atoms with Gasteiger partial charge in [0, 0.05) is 35.1 Å². The highest BCUT2D eigenvalue weighted by atomic mass is 79.9. The molecule has 3 rings (SSSR count). The molecule has 0 bridgehead atoms. The number of amides is 4. The number of alkyl halides is 1. The number of piperidine rings is 1. The standard InChI is InChI=1S/C18H20BrN3O5/c19-7-9-27-8-6-16(24)20-13-3-1-2-11-12(13)10-22(18(11)26)14-4-5-15(23)21-17(14)25/h1-3,14H,4-10H2,(H,20,24)(H,21,23,25). The molecule has 1 aromatic carbocycles. The molecule has 0 aliphatic carbocycles. The molecular formula is C18H20BrN3O5. The maximum absolute atomic E-state index is 12.7. The number of halogens is 1. The van der Waals surface area contributed by atoms with Gasteiger partial charge in [-0.1, -0.05) is 22.0 Å². The number of imide groups is 1. The van der Waals surface area contributed by atoms with Crippen LogP contribution >= 0.6 is 15.9 Å². The highest BCUT2D eigenvalue weighted by molar-refractivity contribution is 9.09. The summed E-state index contributed by atoms with van der Waals surface area (Å²) in [5.74, 6) is -1.25. The molecule has 2 aliphatic heterocycles. The van der Waals surface area contributed by atoms with Gasteiger partial charge in [-0.05, 0) is 18.6 Å². The van der Waals surface area contributed by atoms with Crippen molar-refractivity contribution in [1.29, 1.82) is 0 Å². The van der Waals surface area contributed by atoms with Gasteiger partial charge >= 0.3 is 0 Å². The molecule has 1 atom stereocenters. The molecule has 1 saturated heterocycles. The zero-order chi connectivity index (χ0) is 19.4. The number of rotatable bonds is 7. The van der Waals surface area contributed by atoms with E-state index in [2.05, 4.69) is 26.6 Å². The number of anilines is 1. The van der Waals surface area contributed by atoms with E-state index in [4.69, 9.17) is 4.74 Å². The van der Waals surface area contributed by atoms with E-state index < -0.39 is 11.9 Å². The summed E-state index contributed by atoms with van der Waals surface area (Å²) in [6.07, 6.45) is 0.715. The Kier molecular flexibility index (Phi) is 6.22. The molecule has 1 aromatic rings. The van der Waals surface area contributed by atoms with Gasteiger partial charge in [-0.25, -0.2) is 0 Å². The Morgan fingerprint density at radius 3 is 2.85 bits per heavy atom. The second-order valence-corrected chi connectivity index (χ2v) is 7.12. The SMILES string of the molecule is O=C1CCC(N2Cc3c(NC(=O)CCOCCBr)cccc3C2=O)C(=O)N1. The molecule has 2 aliphatic rings. The van der Waals surface area contributed by atoms with Crippen LogP contribution in [0.3, 0.4) is 0 Å². The van der Waals surface area contributed by atoms with Gasteiger partial charge in [0.2, 0.25) is 17.7 Å². The number of carbonyl (C=O) groups is 4. The quantitative estimate of drug-likeness (QED) is 0.378. The Morgan fingerprint density at radius 2 is 2.11 bits per heavy atom. The van der Waals surface area contributed by atoms with E-state index in [1.165, 1.54) is 4.90 Å². The number of benzene rings is 1. The van der Waals surface area contributed by atoms with Crippen LogP contribution in [0.1, 0.15) is 35.2 Å². The maximum Gasteiger partial charge on any atom is 0.255 e. The van der Waals surface area contributed by atoms with E-state index in [1.807, 2.05) is 0 Å². The number of hydrogen-bond donors (Lipinski definition) is 2. The minimum Gasteiger partial charge on any atom is -0.380 e.